The van der Waals surface area contributed by atoms with Crippen LogP contribution in [0.1, 0.15) is 37.3 Å². The number of rotatable bonds is 5. The summed E-state index contributed by atoms with van der Waals surface area (Å²) in [6.07, 6.45) is 0.0559. The fourth-order valence-electron chi connectivity index (χ4n) is 2.65. The van der Waals surface area contributed by atoms with Crippen LogP contribution < -0.4 is 5.32 Å². The highest BCUT2D eigenvalue weighted by Crippen LogP contribution is 2.20. The maximum absolute atomic E-state index is 12.5. The number of halogens is 2. The van der Waals surface area contributed by atoms with Gasteiger partial charge in [-0.15, -0.1) is 0 Å². The standard InChI is InChI=1S/C15H22F2N2/c1-2-19(14-4-3-9-18-10-14)11-12-5-7-13(8-6-12)15(16)17/h5-8,14-15,18H,2-4,9-11H2,1H3. The maximum atomic E-state index is 12.5. The molecule has 1 aromatic rings. The summed E-state index contributed by atoms with van der Waals surface area (Å²) in [5, 5.41) is 3.42. The van der Waals surface area contributed by atoms with Crippen LogP contribution in [-0.4, -0.2) is 30.6 Å². The van der Waals surface area contributed by atoms with Gasteiger partial charge >= 0.3 is 0 Å². The Balaban J connectivity index is 1.97. The molecular weight excluding hydrogens is 246 g/mol. The van der Waals surface area contributed by atoms with Crippen LogP contribution in [0, 0.1) is 0 Å². The summed E-state index contributed by atoms with van der Waals surface area (Å²) in [4.78, 5) is 2.42. The number of piperidine rings is 1. The van der Waals surface area contributed by atoms with E-state index < -0.39 is 6.43 Å². The molecule has 2 nitrogen and oxygen atoms in total. The van der Waals surface area contributed by atoms with Crippen molar-refractivity contribution >= 4 is 0 Å². The van der Waals surface area contributed by atoms with Gasteiger partial charge in [-0.05, 0) is 31.5 Å². The van der Waals surface area contributed by atoms with Crippen molar-refractivity contribution in [3.8, 4) is 0 Å². The lowest BCUT2D eigenvalue weighted by Crippen LogP contribution is -2.45. The van der Waals surface area contributed by atoms with Crippen LogP contribution in [0.3, 0.4) is 0 Å². The van der Waals surface area contributed by atoms with Gasteiger partial charge in [0.1, 0.15) is 0 Å². The second-order valence-corrected chi connectivity index (χ2v) is 5.11. The molecule has 1 N–H and O–H groups in total. The Labute approximate surface area is 113 Å². The summed E-state index contributed by atoms with van der Waals surface area (Å²) >= 11 is 0. The first-order valence-corrected chi connectivity index (χ1v) is 7.02. The first kappa shape index (κ1) is 14.4. The van der Waals surface area contributed by atoms with Gasteiger partial charge in [0.05, 0.1) is 0 Å². The highest BCUT2D eigenvalue weighted by Gasteiger charge is 2.19. The fraction of sp³-hybridized carbons (Fsp3) is 0.600. The van der Waals surface area contributed by atoms with E-state index in [2.05, 4.69) is 17.1 Å². The predicted molar refractivity (Wildman–Crippen MR) is 73.4 cm³/mol. The van der Waals surface area contributed by atoms with Gasteiger partial charge in [-0.2, -0.15) is 0 Å². The number of hydrogen-bond donors (Lipinski definition) is 1. The van der Waals surface area contributed by atoms with Crippen LogP contribution in [0.2, 0.25) is 0 Å². The monoisotopic (exact) mass is 268 g/mol. The number of likely N-dealkylation sites (N-methyl/N-ethyl adjacent to an activating group) is 1. The molecular formula is C15H22F2N2. The molecule has 1 fully saturated rings. The summed E-state index contributed by atoms with van der Waals surface area (Å²) < 4.78 is 25.0. The average Bonchev–Trinajstić information content (AvgIpc) is 2.46. The van der Waals surface area contributed by atoms with E-state index in [1.165, 1.54) is 25.0 Å². The Bertz CT molecular complexity index is 372. The Kier molecular flexibility index (Phi) is 5.28. The fourth-order valence-corrected chi connectivity index (χ4v) is 2.65. The number of alkyl halides is 2. The number of nitrogens with one attached hydrogen (secondary N) is 1. The van der Waals surface area contributed by atoms with Gasteiger partial charge in [-0.3, -0.25) is 4.90 Å². The molecule has 0 amide bonds. The Morgan fingerprint density at radius 2 is 2.05 bits per heavy atom. The van der Waals surface area contributed by atoms with Crippen LogP contribution in [0.5, 0.6) is 0 Å². The average molecular weight is 268 g/mol. The maximum Gasteiger partial charge on any atom is 0.263 e. The molecule has 1 aromatic carbocycles. The molecule has 1 atom stereocenters. The van der Waals surface area contributed by atoms with E-state index in [0.717, 1.165) is 31.7 Å². The van der Waals surface area contributed by atoms with Gasteiger partial charge in [0.2, 0.25) is 0 Å². The van der Waals surface area contributed by atoms with Crippen LogP contribution in [0.15, 0.2) is 24.3 Å². The summed E-state index contributed by atoms with van der Waals surface area (Å²) in [6.45, 7) is 6.12. The topological polar surface area (TPSA) is 15.3 Å². The molecule has 0 aromatic heterocycles. The molecule has 4 heteroatoms. The first-order valence-electron chi connectivity index (χ1n) is 7.02. The Morgan fingerprint density at radius 3 is 2.58 bits per heavy atom. The minimum atomic E-state index is -2.38. The van der Waals surface area contributed by atoms with Gasteiger partial charge in [-0.1, -0.05) is 31.2 Å². The first-order chi connectivity index (χ1) is 9.20. The number of hydrogen-bond acceptors (Lipinski definition) is 2. The lowest BCUT2D eigenvalue weighted by atomic mass is 10.0. The molecule has 0 spiro atoms. The van der Waals surface area contributed by atoms with Gasteiger partial charge in [0.15, 0.2) is 0 Å². The zero-order valence-corrected chi connectivity index (χ0v) is 11.4. The third-order valence-electron chi connectivity index (χ3n) is 3.81. The van der Waals surface area contributed by atoms with Crippen molar-refractivity contribution in [3.05, 3.63) is 35.4 Å². The van der Waals surface area contributed by atoms with Crippen molar-refractivity contribution in [2.24, 2.45) is 0 Å². The van der Waals surface area contributed by atoms with Crippen molar-refractivity contribution in [2.45, 2.75) is 38.8 Å². The minimum absolute atomic E-state index is 0.103. The second-order valence-electron chi connectivity index (χ2n) is 5.11. The molecule has 1 heterocycles. The van der Waals surface area contributed by atoms with Crippen molar-refractivity contribution in [3.63, 3.8) is 0 Å². The predicted octanol–water partition coefficient (Wildman–Crippen LogP) is 3.20. The van der Waals surface area contributed by atoms with Crippen LogP contribution in [0.25, 0.3) is 0 Å². The lowest BCUT2D eigenvalue weighted by Gasteiger charge is -2.34. The van der Waals surface area contributed by atoms with Crippen LogP contribution in [0.4, 0.5) is 8.78 Å². The van der Waals surface area contributed by atoms with Crippen molar-refractivity contribution in [2.75, 3.05) is 19.6 Å². The summed E-state index contributed by atoms with van der Waals surface area (Å²) in [6, 6.07) is 7.27. The van der Waals surface area contributed by atoms with Crippen molar-refractivity contribution < 1.29 is 8.78 Å². The molecule has 1 unspecified atom stereocenters. The largest absolute Gasteiger partial charge is 0.315 e. The zero-order chi connectivity index (χ0) is 13.7. The molecule has 0 radical (unpaired) electrons. The summed E-state index contributed by atoms with van der Waals surface area (Å²) in [7, 11) is 0. The van der Waals surface area contributed by atoms with E-state index in [0.29, 0.717) is 6.04 Å². The third kappa shape index (κ3) is 3.98. The highest BCUT2D eigenvalue weighted by molar-refractivity contribution is 5.23. The molecule has 19 heavy (non-hydrogen) atoms. The van der Waals surface area contributed by atoms with E-state index in [4.69, 9.17) is 0 Å². The van der Waals surface area contributed by atoms with Crippen molar-refractivity contribution in [1.82, 2.24) is 10.2 Å². The molecule has 1 aliphatic rings. The normalized spacial score (nSPS) is 20.2. The Morgan fingerprint density at radius 1 is 1.32 bits per heavy atom. The summed E-state index contributed by atoms with van der Waals surface area (Å²) in [5.74, 6) is 0. The lowest BCUT2D eigenvalue weighted by molar-refractivity contribution is 0.151. The smallest absolute Gasteiger partial charge is 0.263 e. The molecule has 0 saturated carbocycles. The van der Waals surface area contributed by atoms with Crippen LogP contribution in [-0.2, 0) is 6.54 Å². The second kappa shape index (κ2) is 6.96. The van der Waals surface area contributed by atoms with E-state index in [-0.39, 0.29) is 5.56 Å². The summed E-state index contributed by atoms with van der Waals surface area (Å²) in [5.41, 5.74) is 1.21. The molecule has 2 rings (SSSR count). The molecule has 0 aliphatic carbocycles. The number of nitrogens with zero attached hydrogens (tertiary/aromatic N) is 1. The third-order valence-corrected chi connectivity index (χ3v) is 3.81. The highest BCUT2D eigenvalue weighted by atomic mass is 19.3. The molecule has 1 aliphatic heterocycles. The molecule has 0 bridgehead atoms. The van der Waals surface area contributed by atoms with Gasteiger partial charge < -0.3 is 5.32 Å². The van der Waals surface area contributed by atoms with E-state index in [1.807, 2.05) is 12.1 Å². The zero-order valence-electron chi connectivity index (χ0n) is 11.4. The van der Waals surface area contributed by atoms with E-state index >= 15 is 0 Å². The molecule has 1 saturated heterocycles. The van der Waals surface area contributed by atoms with Crippen LogP contribution >= 0.6 is 0 Å². The van der Waals surface area contributed by atoms with Gasteiger partial charge in [-0.25, -0.2) is 8.78 Å². The van der Waals surface area contributed by atoms with E-state index in [1.54, 1.807) is 0 Å². The van der Waals surface area contributed by atoms with Gasteiger partial charge in [0, 0.05) is 24.7 Å². The SMILES string of the molecule is CCN(Cc1ccc(C(F)F)cc1)C1CCCNC1. The van der Waals surface area contributed by atoms with Gasteiger partial charge in [0.25, 0.3) is 6.43 Å². The minimum Gasteiger partial charge on any atom is -0.315 e. The van der Waals surface area contributed by atoms with E-state index in [9.17, 15) is 8.78 Å². The molecule has 106 valence electrons. The quantitative estimate of drug-likeness (QED) is 0.882. The van der Waals surface area contributed by atoms with Crippen molar-refractivity contribution in [1.29, 1.82) is 0 Å². The Hall–Kier alpha value is -1.00. The number of benzene rings is 1.